The molecule has 0 spiro atoms. The Morgan fingerprint density at radius 1 is 1.39 bits per heavy atom. The topological polar surface area (TPSA) is 109 Å². The van der Waals surface area contributed by atoms with Gasteiger partial charge in [-0.05, 0) is 37.1 Å². The predicted octanol–water partition coefficient (Wildman–Crippen LogP) is 2.78. The van der Waals surface area contributed by atoms with E-state index < -0.39 is 17.9 Å². The third-order valence-electron chi connectivity index (χ3n) is 4.95. The maximum atomic E-state index is 12.7. The summed E-state index contributed by atoms with van der Waals surface area (Å²) in [6.07, 6.45) is 2.54. The Labute approximate surface area is 161 Å². The number of amides is 2. The van der Waals surface area contributed by atoms with Crippen LogP contribution in [0.2, 0.25) is 0 Å². The Morgan fingerprint density at radius 3 is 3.04 bits per heavy atom. The summed E-state index contributed by atoms with van der Waals surface area (Å²) in [6.45, 7) is 2.23. The highest BCUT2D eigenvalue weighted by atomic mass is 16.4. The van der Waals surface area contributed by atoms with Crippen molar-refractivity contribution in [3.63, 3.8) is 0 Å². The van der Waals surface area contributed by atoms with Gasteiger partial charge in [0.15, 0.2) is 11.5 Å². The summed E-state index contributed by atoms with van der Waals surface area (Å²) < 4.78 is 10.7. The van der Waals surface area contributed by atoms with Crippen molar-refractivity contribution in [2.75, 3.05) is 11.9 Å². The van der Waals surface area contributed by atoms with Crippen LogP contribution in [0.4, 0.5) is 5.69 Å². The maximum Gasteiger partial charge on any atom is 0.313 e. The van der Waals surface area contributed by atoms with Crippen molar-refractivity contribution >= 4 is 28.6 Å². The Kier molecular flexibility index (Phi) is 4.87. The monoisotopic (exact) mass is 383 g/mol. The second kappa shape index (κ2) is 7.47. The molecule has 1 fully saturated rings. The SMILES string of the molecule is Cc1nc2ccc(NC(=O)C(=O)N3CCCC3CC(O)c3ccco3)cc2o1. The van der Waals surface area contributed by atoms with Gasteiger partial charge in [-0.15, -0.1) is 0 Å². The summed E-state index contributed by atoms with van der Waals surface area (Å²) >= 11 is 0. The molecule has 3 aromatic rings. The highest BCUT2D eigenvalue weighted by Crippen LogP contribution is 2.28. The molecule has 0 saturated carbocycles. The quantitative estimate of drug-likeness (QED) is 0.671. The fourth-order valence-corrected chi connectivity index (χ4v) is 3.64. The number of aliphatic hydroxyl groups excluding tert-OH is 1. The van der Waals surface area contributed by atoms with Crippen molar-refractivity contribution in [1.82, 2.24) is 9.88 Å². The fraction of sp³-hybridized carbons (Fsp3) is 0.350. The number of aliphatic hydroxyl groups is 1. The minimum atomic E-state index is -0.812. The van der Waals surface area contributed by atoms with Crippen LogP contribution < -0.4 is 5.32 Å². The van der Waals surface area contributed by atoms with E-state index in [9.17, 15) is 14.7 Å². The van der Waals surface area contributed by atoms with Gasteiger partial charge >= 0.3 is 11.8 Å². The van der Waals surface area contributed by atoms with Crippen LogP contribution in [0.3, 0.4) is 0 Å². The number of hydrogen-bond acceptors (Lipinski definition) is 6. The largest absolute Gasteiger partial charge is 0.467 e. The molecule has 4 rings (SSSR count). The van der Waals surface area contributed by atoms with Crippen LogP contribution in [0.1, 0.15) is 37.0 Å². The second-order valence-corrected chi connectivity index (χ2v) is 6.93. The molecule has 8 heteroatoms. The smallest absolute Gasteiger partial charge is 0.313 e. The number of carbonyl (C=O) groups excluding carboxylic acids is 2. The predicted molar refractivity (Wildman–Crippen MR) is 100 cm³/mol. The van der Waals surface area contributed by atoms with Crippen LogP contribution in [0, 0.1) is 6.92 Å². The summed E-state index contributed by atoms with van der Waals surface area (Å²) in [5, 5.41) is 12.9. The van der Waals surface area contributed by atoms with Crippen molar-refractivity contribution in [3.8, 4) is 0 Å². The number of anilines is 1. The van der Waals surface area contributed by atoms with Gasteiger partial charge in [-0.25, -0.2) is 4.98 Å². The van der Waals surface area contributed by atoms with Gasteiger partial charge in [0.1, 0.15) is 17.4 Å². The molecule has 0 radical (unpaired) electrons. The molecular formula is C20H21N3O5. The summed E-state index contributed by atoms with van der Waals surface area (Å²) in [4.78, 5) is 30.9. The van der Waals surface area contributed by atoms with Gasteiger partial charge in [0.25, 0.3) is 0 Å². The molecule has 2 atom stereocenters. The summed E-state index contributed by atoms with van der Waals surface area (Å²) in [7, 11) is 0. The van der Waals surface area contributed by atoms with Gasteiger partial charge in [0, 0.05) is 37.7 Å². The van der Waals surface area contributed by atoms with Crippen molar-refractivity contribution in [3.05, 3.63) is 48.2 Å². The molecule has 1 aromatic carbocycles. The normalized spacial score (nSPS) is 17.8. The van der Waals surface area contributed by atoms with Gasteiger partial charge in [0.05, 0.1) is 6.26 Å². The van der Waals surface area contributed by atoms with Crippen LogP contribution in [0.15, 0.2) is 45.4 Å². The number of carbonyl (C=O) groups is 2. The number of furan rings is 1. The maximum absolute atomic E-state index is 12.7. The van der Waals surface area contributed by atoms with E-state index in [2.05, 4.69) is 10.3 Å². The molecule has 3 heterocycles. The lowest BCUT2D eigenvalue weighted by Gasteiger charge is -2.25. The highest BCUT2D eigenvalue weighted by Gasteiger charge is 2.34. The molecule has 2 unspecified atom stereocenters. The number of aryl methyl sites for hydroxylation is 1. The Hall–Kier alpha value is -3.13. The molecule has 28 heavy (non-hydrogen) atoms. The lowest BCUT2D eigenvalue weighted by molar-refractivity contribution is -0.144. The molecule has 1 aliphatic rings. The average molecular weight is 383 g/mol. The van der Waals surface area contributed by atoms with E-state index in [1.165, 1.54) is 11.2 Å². The van der Waals surface area contributed by atoms with Gasteiger partial charge < -0.3 is 24.2 Å². The molecule has 1 aliphatic heterocycles. The zero-order valence-corrected chi connectivity index (χ0v) is 15.4. The van der Waals surface area contributed by atoms with E-state index in [1.54, 1.807) is 37.3 Å². The summed E-state index contributed by atoms with van der Waals surface area (Å²) in [5.74, 6) is -0.332. The van der Waals surface area contributed by atoms with E-state index >= 15 is 0 Å². The van der Waals surface area contributed by atoms with Crippen LogP contribution in [0.5, 0.6) is 0 Å². The first kappa shape index (κ1) is 18.2. The molecule has 2 amide bonds. The zero-order chi connectivity index (χ0) is 19.7. The first-order valence-corrected chi connectivity index (χ1v) is 9.22. The van der Waals surface area contributed by atoms with Crippen LogP contribution >= 0.6 is 0 Å². The van der Waals surface area contributed by atoms with Crippen molar-refractivity contribution in [1.29, 1.82) is 0 Å². The Bertz CT molecular complexity index is 995. The lowest BCUT2D eigenvalue weighted by atomic mass is 10.1. The van der Waals surface area contributed by atoms with E-state index in [4.69, 9.17) is 8.83 Å². The molecule has 1 saturated heterocycles. The van der Waals surface area contributed by atoms with Gasteiger partial charge in [-0.1, -0.05) is 0 Å². The number of nitrogens with zero attached hydrogens (tertiary/aromatic N) is 2. The summed E-state index contributed by atoms with van der Waals surface area (Å²) in [6, 6.07) is 8.23. The number of fused-ring (bicyclic) bond motifs is 1. The molecule has 8 nitrogen and oxygen atoms in total. The third kappa shape index (κ3) is 3.63. The molecular weight excluding hydrogens is 362 g/mol. The number of oxazole rings is 1. The fourth-order valence-electron chi connectivity index (χ4n) is 3.64. The minimum Gasteiger partial charge on any atom is -0.467 e. The molecule has 2 N–H and O–H groups in total. The van der Waals surface area contributed by atoms with Crippen molar-refractivity contribution < 1.29 is 23.5 Å². The van der Waals surface area contributed by atoms with Gasteiger partial charge in [0.2, 0.25) is 0 Å². The number of hydrogen-bond donors (Lipinski definition) is 2. The standard InChI is InChI=1S/C20H21N3O5/c1-12-21-15-7-6-13(10-18(15)28-12)22-19(25)20(26)23-8-2-4-14(23)11-16(24)17-5-3-9-27-17/h3,5-7,9-10,14,16,24H,2,4,8,11H2,1H3,(H,22,25). The van der Waals surface area contributed by atoms with Crippen molar-refractivity contribution in [2.24, 2.45) is 0 Å². The highest BCUT2D eigenvalue weighted by molar-refractivity contribution is 6.39. The van der Waals surface area contributed by atoms with Crippen molar-refractivity contribution in [2.45, 2.75) is 38.3 Å². The van der Waals surface area contributed by atoms with Gasteiger partial charge in [-0.2, -0.15) is 0 Å². The second-order valence-electron chi connectivity index (χ2n) is 6.93. The lowest BCUT2D eigenvalue weighted by Crippen LogP contribution is -2.43. The van der Waals surface area contributed by atoms with E-state index in [1.807, 2.05) is 0 Å². The van der Waals surface area contributed by atoms with Gasteiger partial charge in [-0.3, -0.25) is 9.59 Å². The number of likely N-dealkylation sites (tertiary alicyclic amines) is 1. The van der Waals surface area contributed by atoms with Crippen LogP contribution in [-0.4, -0.2) is 39.4 Å². The minimum absolute atomic E-state index is 0.210. The Morgan fingerprint density at radius 2 is 2.25 bits per heavy atom. The molecule has 146 valence electrons. The number of benzene rings is 1. The van der Waals surface area contributed by atoms with E-state index in [0.717, 1.165) is 12.8 Å². The molecule has 0 bridgehead atoms. The van der Waals surface area contributed by atoms with E-state index in [-0.39, 0.29) is 6.04 Å². The first-order chi connectivity index (χ1) is 13.5. The number of rotatable bonds is 4. The average Bonchev–Trinajstić information content (AvgIpc) is 3.40. The van der Waals surface area contributed by atoms with Crippen LogP contribution in [0.25, 0.3) is 11.1 Å². The molecule has 2 aromatic heterocycles. The summed E-state index contributed by atoms with van der Waals surface area (Å²) in [5.41, 5.74) is 1.70. The molecule has 0 aliphatic carbocycles. The zero-order valence-electron chi connectivity index (χ0n) is 15.4. The Balaban J connectivity index is 1.42. The number of nitrogens with one attached hydrogen (secondary N) is 1. The van der Waals surface area contributed by atoms with E-state index in [0.29, 0.717) is 41.4 Å². The number of aromatic nitrogens is 1. The third-order valence-corrected chi connectivity index (χ3v) is 4.95. The van der Waals surface area contributed by atoms with Crippen LogP contribution in [-0.2, 0) is 9.59 Å². The first-order valence-electron chi connectivity index (χ1n) is 9.22.